The van der Waals surface area contributed by atoms with Gasteiger partial charge in [0.15, 0.2) is 0 Å². The van der Waals surface area contributed by atoms with E-state index in [-0.39, 0.29) is 0 Å². The zero-order valence-electron chi connectivity index (χ0n) is 8.85. The Hall–Kier alpha value is -1.96. The topological polar surface area (TPSA) is 25.2 Å². The van der Waals surface area contributed by atoms with Crippen molar-refractivity contribution in [3.05, 3.63) is 54.9 Å². The van der Waals surface area contributed by atoms with E-state index in [0.29, 0.717) is 0 Å². The largest absolute Gasteiger partial charge is 0.259 e. The van der Waals surface area contributed by atoms with Gasteiger partial charge in [0.25, 0.3) is 0 Å². The van der Waals surface area contributed by atoms with Crippen molar-refractivity contribution < 1.29 is 0 Å². The van der Waals surface area contributed by atoms with Crippen molar-refractivity contribution in [1.29, 1.82) is 0 Å². The Morgan fingerprint density at radius 1 is 1.47 bits per heavy atom. The number of nitrogens with zero attached hydrogens (tertiary/aromatic N) is 2. The van der Waals surface area contributed by atoms with E-state index in [0.717, 1.165) is 17.0 Å². The minimum Gasteiger partial charge on any atom is -0.259 e. The van der Waals surface area contributed by atoms with Gasteiger partial charge in [0.05, 0.1) is 11.4 Å². The van der Waals surface area contributed by atoms with Crippen LogP contribution >= 0.6 is 0 Å². The Labute approximate surface area is 90.4 Å². The smallest absolute Gasteiger partial charge is 0.0957 e. The lowest BCUT2D eigenvalue weighted by Gasteiger charge is -2.03. The fourth-order valence-electron chi connectivity index (χ4n) is 1.23. The third-order valence-electron chi connectivity index (χ3n) is 1.85. The Balaban J connectivity index is 3.27. The Kier molecular flexibility index (Phi) is 4.23. The molecule has 0 radical (unpaired) electrons. The number of rotatable bonds is 4. The quantitative estimate of drug-likeness (QED) is 0.538. The van der Waals surface area contributed by atoms with Crippen molar-refractivity contribution in [3.63, 3.8) is 0 Å². The molecule has 1 aromatic heterocycles. The molecule has 0 saturated heterocycles. The first-order valence-electron chi connectivity index (χ1n) is 4.72. The minimum atomic E-state index is 0.794. The first-order chi connectivity index (χ1) is 7.33. The van der Waals surface area contributed by atoms with Crippen LogP contribution in [0, 0.1) is 0 Å². The lowest BCUT2D eigenvalue weighted by Crippen LogP contribution is -1.90. The molecule has 0 atom stereocenters. The maximum absolute atomic E-state index is 4.29. The van der Waals surface area contributed by atoms with Gasteiger partial charge in [-0.1, -0.05) is 31.4 Å². The first-order valence-corrected chi connectivity index (χ1v) is 4.72. The highest BCUT2D eigenvalue weighted by Gasteiger charge is 2.03. The second-order valence-electron chi connectivity index (χ2n) is 2.82. The Morgan fingerprint density at radius 2 is 2.27 bits per heavy atom. The van der Waals surface area contributed by atoms with Crippen LogP contribution in [0.1, 0.15) is 18.2 Å². The molecular formula is C13H14N2. The van der Waals surface area contributed by atoms with Crippen molar-refractivity contribution in [3.8, 4) is 0 Å². The number of aromatic nitrogens is 1. The summed E-state index contributed by atoms with van der Waals surface area (Å²) in [6, 6.07) is 3.83. The average molecular weight is 198 g/mol. The summed E-state index contributed by atoms with van der Waals surface area (Å²) in [6.07, 6.45) is 8.77. The second-order valence-corrected chi connectivity index (χ2v) is 2.82. The number of pyridine rings is 1. The molecule has 0 unspecified atom stereocenters. The average Bonchev–Trinajstić information content (AvgIpc) is 2.29. The number of allylic oxidation sites excluding steroid dienone is 2. The van der Waals surface area contributed by atoms with Gasteiger partial charge in [0.2, 0.25) is 0 Å². The number of aliphatic imine (C=N–C) groups is 1. The van der Waals surface area contributed by atoms with E-state index in [2.05, 4.69) is 23.1 Å². The Morgan fingerprint density at radius 3 is 2.87 bits per heavy atom. The normalized spacial score (nSPS) is 11.7. The summed E-state index contributed by atoms with van der Waals surface area (Å²) < 4.78 is 0. The molecule has 15 heavy (non-hydrogen) atoms. The molecule has 0 N–H and O–H groups in total. The summed E-state index contributed by atoms with van der Waals surface area (Å²) in [7, 11) is 0. The van der Waals surface area contributed by atoms with Crippen LogP contribution in [0.3, 0.4) is 0 Å². The molecule has 0 aliphatic heterocycles. The van der Waals surface area contributed by atoms with Gasteiger partial charge in [0, 0.05) is 18.0 Å². The fraction of sp³-hybridized carbons (Fsp3) is 0.0769. The Bertz CT molecular complexity index is 414. The predicted octanol–water partition coefficient (Wildman–Crippen LogP) is 3.34. The standard InChI is InChI=1S/C13H14N2/c1-4-8-12(14-6-3)13-11(5-2)9-7-10-15-13/h4-10H,1-2H2,3H3/b12-8-,14-6-. The van der Waals surface area contributed by atoms with E-state index in [1.54, 1.807) is 24.6 Å². The van der Waals surface area contributed by atoms with Crippen molar-refractivity contribution in [1.82, 2.24) is 4.98 Å². The lowest BCUT2D eigenvalue weighted by atomic mass is 10.1. The molecule has 0 aliphatic rings. The van der Waals surface area contributed by atoms with E-state index in [1.165, 1.54) is 0 Å². The van der Waals surface area contributed by atoms with Gasteiger partial charge < -0.3 is 0 Å². The van der Waals surface area contributed by atoms with E-state index in [9.17, 15) is 0 Å². The van der Waals surface area contributed by atoms with Crippen LogP contribution in [0.25, 0.3) is 11.8 Å². The first kappa shape index (κ1) is 11.1. The second kappa shape index (κ2) is 5.70. The molecule has 1 aromatic rings. The van der Waals surface area contributed by atoms with Gasteiger partial charge in [-0.25, -0.2) is 0 Å². The van der Waals surface area contributed by atoms with Crippen LogP contribution in [0.15, 0.2) is 48.6 Å². The molecule has 0 amide bonds. The molecule has 0 saturated carbocycles. The van der Waals surface area contributed by atoms with Crippen LogP contribution < -0.4 is 0 Å². The van der Waals surface area contributed by atoms with Crippen LogP contribution in [0.5, 0.6) is 0 Å². The molecule has 0 spiro atoms. The molecular weight excluding hydrogens is 184 g/mol. The van der Waals surface area contributed by atoms with Crippen LogP contribution in [-0.2, 0) is 0 Å². The molecule has 0 aliphatic carbocycles. The van der Waals surface area contributed by atoms with Crippen LogP contribution in [-0.4, -0.2) is 11.2 Å². The zero-order valence-corrected chi connectivity index (χ0v) is 8.85. The summed E-state index contributed by atoms with van der Waals surface area (Å²) in [5.74, 6) is 0. The number of hydrogen-bond donors (Lipinski definition) is 0. The van der Waals surface area contributed by atoms with Crippen molar-refractivity contribution in [2.45, 2.75) is 6.92 Å². The van der Waals surface area contributed by atoms with E-state index in [1.807, 2.05) is 25.1 Å². The summed E-state index contributed by atoms with van der Waals surface area (Å²) in [6.45, 7) is 9.28. The van der Waals surface area contributed by atoms with Crippen molar-refractivity contribution >= 4 is 18.0 Å². The summed E-state index contributed by atoms with van der Waals surface area (Å²) >= 11 is 0. The van der Waals surface area contributed by atoms with Crippen LogP contribution in [0.4, 0.5) is 0 Å². The summed E-state index contributed by atoms with van der Waals surface area (Å²) in [5, 5.41) is 0. The van der Waals surface area contributed by atoms with Crippen molar-refractivity contribution in [2.75, 3.05) is 0 Å². The maximum Gasteiger partial charge on any atom is 0.0957 e. The molecule has 2 nitrogen and oxygen atoms in total. The predicted molar refractivity (Wildman–Crippen MR) is 66.7 cm³/mol. The molecule has 0 bridgehead atoms. The molecule has 0 aromatic carbocycles. The minimum absolute atomic E-state index is 0.794. The monoisotopic (exact) mass is 198 g/mol. The highest BCUT2D eigenvalue weighted by atomic mass is 14.8. The van der Waals surface area contributed by atoms with Gasteiger partial charge in [0.1, 0.15) is 0 Å². The van der Waals surface area contributed by atoms with E-state index < -0.39 is 0 Å². The van der Waals surface area contributed by atoms with Gasteiger partial charge in [-0.2, -0.15) is 0 Å². The lowest BCUT2D eigenvalue weighted by molar-refractivity contribution is 1.24. The molecule has 1 heterocycles. The van der Waals surface area contributed by atoms with E-state index >= 15 is 0 Å². The zero-order chi connectivity index (χ0) is 11.1. The molecule has 2 heteroatoms. The highest BCUT2D eigenvalue weighted by Crippen LogP contribution is 2.18. The van der Waals surface area contributed by atoms with Crippen molar-refractivity contribution in [2.24, 2.45) is 4.99 Å². The molecule has 0 fully saturated rings. The summed E-state index contributed by atoms with van der Waals surface area (Å²) in [5.41, 5.74) is 2.59. The number of hydrogen-bond acceptors (Lipinski definition) is 2. The third-order valence-corrected chi connectivity index (χ3v) is 1.85. The maximum atomic E-state index is 4.29. The molecule has 76 valence electrons. The fourth-order valence-corrected chi connectivity index (χ4v) is 1.23. The van der Waals surface area contributed by atoms with E-state index in [4.69, 9.17) is 0 Å². The van der Waals surface area contributed by atoms with Gasteiger partial charge >= 0.3 is 0 Å². The van der Waals surface area contributed by atoms with Gasteiger partial charge in [-0.05, 0) is 19.1 Å². The summed E-state index contributed by atoms with van der Waals surface area (Å²) in [4.78, 5) is 8.53. The molecule has 1 rings (SSSR count). The SMILES string of the molecule is C=C/C=C(\N=C/C)c1ncccc1C=C. The van der Waals surface area contributed by atoms with Crippen LogP contribution in [0.2, 0.25) is 0 Å². The third kappa shape index (κ3) is 2.74. The van der Waals surface area contributed by atoms with Gasteiger partial charge in [-0.15, -0.1) is 0 Å². The van der Waals surface area contributed by atoms with Gasteiger partial charge in [-0.3, -0.25) is 9.98 Å². The highest BCUT2D eigenvalue weighted by molar-refractivity contribution is 5.76.